The Bertz CT molecular complexity index is 1440. The first-order valence-electron chi connectivity index (χ1n) is 13.5. The van der Waals surface area contributed by atoms with E-state index in [4.69, 9.17) is 11.5 Å². The number of thioether (sulfide) groups is 1. The second kappa shape index (κ2) is 15.6. The number of aromatic nitrogens is 1. The van der Waals surface area contributed by atoms with Crippen molar-refractivity contribution in [3.05, 3.63) is 65.9 Å². The summed E-state index contributed by atoms with van der Waals surface area (Å²) in [5.74, 6) is -3.95. The van der Waals surface area contributed by atoms with E-state index in [1.807, 2.05) is 24.5 Å². The van der Waals surface area contributed by atoms with Crippen LogP contribution in [0.2, 0.25) is 0 Å². The van der Waals surface area contributed by atoms with Gasteiger partial charge in [-0.25, -0.2) is 4.79 Å². The van der Waals surface area contributed by atoms with E-state index in [9.17, 15) is 34.2 Å². The number of H-pyrrole nitrogens is 1. The van der Waals surface area contributed by atoms with Crippen LogP contribution in [0.25, 0.3) is 10.9 Å². The van der Waals surface area contributed by atoms with Crippen molar-refractivity contribution >= 4 is 52.3 Å². The highest BCUT2D eigenvalue weighted by Gasteiger charge is 2.32. The van der Waals surface area contributed by atoms with Gasteiger partial charge in [0.1, 0.15) is 23.9 Å². The number of primary amides is 1. The summed E-state index contributed by atoms with van der Waals surface area (Å²) in [6.07, 6.45) is 3.15. The van der Waals surface area contributed by atoms with Gasteiger partial charge in [0, 0.05) is 29.9 Å². The largest absolute Gasteiger partial charge is 0.508 e. The van der Waals surface area contributed by atoms with Crippen molar-refractivity contribution in [1.29, 1.82) is 0 Å². The van der Waals surface area contributed by atoms with Crippen molar-refractivity contribution in [2.24, 2.45) is 11.5 Å². The number of carbonyl (C=O) groups is 5. The highest BCUT2D eigenvalue weighted by atomic mass is 32.2. The summed E-state index contributed by atoms with van der Waals surface area (Å²) in [6, 6.07) is 8.19. The van der Waals surface area contributed by atoms with E-state index >= 15 is 0 Å². The normalized spacial score (nSPS) is 13.8. The Morgan fingerprint density at radius 3 is 2.16 bits per heavy atom. The Labute approximate surface area is 252 Å². The molecular formula is C29H36N6O7S. The number of phenolic OH excluding ortho intramolecular Hbond substituents is 1. The summed E-state index contributed by atoms with van der Waals surface area (Å²) in [5, 5.41) is 27.7. The number of amides is 4. The molecule has 43 heavy (non-hydrogen) atoms. The summed E-state index contributed by atoms with van der Waals surface area (Å²) in [4.78, 5) is 66.4. The van der Waals surface area contributed by atoms with Crippen LogP contribution in [0, 0.1) is 0 Å². The molecule has 2 aromatic carbocycles. The third-order valence-corrected chi connectivity index (χ3v) is 7.37. The molecule has 0 spiro atoms. The number of para-hydroxylation sites is 1. The van der Waals surface area contributed by atoms with Crippen molar-refractivity contribution in [2.45, 2.75) is 49.9 Å². The number of aliphatic carboxylic acids is 1. The molecule has 0 bridgehead atoms. The van der Waals surface area contributed by atoms with E-state index < -0.39 is 60.2 Å². The van der Waals surface area contributed by atoms with E-state index in [2.05, 4.69) is 20.9 Å². The topological polar surface area (TPSA) is 230 Å². The molecule has 0 fully saturated rings. The summed E-state index contributed by atoms with van der Waals surface area (Å²) >= 11 is 1.51. The number of carboxylic acids is 1. The molecule has 4 atom stereocenters. The third kappa shape index (κ3) is 9.75. The molecule has 0 aliphatic rings. The molecule has 10 N–H and O–H groups in total. The molecule has 0 aliphatic heterocycles. The maximum Gasteiger partial charge on any atom is 0.326 e. The maximum atomic E-state index is 13.4. The van der Waals surface area contributed by atoms with Crippen LogP contribution in [-0.4, -0.2) is 81.0 Å². The predicted molar refractivity (Wildman–Crippen MR) is 162 cm³/mol. The first-order chi connectivity index (χ1) is 20.5. The van der Waals surface area contributed by atoms with Crippen LogP contribution in [0.1, 0.15) is 24.0 Å². The number of nitrogens with one attached hydrogen (secondary N) is 4. The van der Waals surface area contributed by atoms with Gasteiger partial charge in [-0.05, 0) is 47.8 Å². The molecule has 3 rings (SSSR count). The molecular weight excluding hydrogens is 576 g/mol. The van der Waals surface area contributed by atoms with Gasteiger partial charge in [-0.2, -0.15) is 11.8 Å². The fourth-order valence-corrected chi connectivity index (χ4v) is 4.90. The summed E-state index contributed by atoms with van der Waals surface area (Å²) in [6.45, 7) is 0. The van der Waals surface area contributed by atoms with E-state index in [0.717, 1.165) is 10.9 Å². The SMILES string of the molecule is CSCCC(N)C(=O)NC(Cc1ccc(O)cc1)C(=O)NC(CC(N)=O)C(=O)NC(Cc1c[nH]c2ccccc12)C(=O)O. The number of rotatable bonds is 16. The number of hydrogen-bond acceptors (Lipinski definition) is 8. The minimum Gasteiger partial charge on any atom is -0.508 e. The van der Waals surface area contributed by atoms with Gasteiger partial charge in [0.05, 0.1) is 12.5 Å². The first kappa shape index (κ1) is 32.9. The number of carbonyl (C=O) groups excluding carboxylic acids is 4. The summed E-state index contributed by atoms with van der Waals surface area (Å²) in [7, 11) is 0. The van der Waals surface area contributed by atoms with Crippen LogP contribution in [-0.2, 0) is 36.8 Å². The van der Waals surface area contributed by atoms with Gasteiger partial charge in [0.15, 0.2) is 0 Å². The average molecular weight is 613 g/mol. The van der Waals surface area contributed by atoms with Crippen LogP contribution in [0.5, 0.6) is 5.75 Å². The van der Waals surface area contributed by atoms with Crippen LogP contribution in [0.3, 0.4) is 0 Å². The van der Waals surface area contributed by atoms with Gasteiger partial charge in [-0.1, -0.05) is 30.3 Å². The fourth-order valence-electron chi connectivity index (χ4n) is 4.41. The highest BCUT2D eigenvalue weighted by Crippen LogP contribution is 2.19. The van der Waals surface area contributed by atoms with E-state index in [0.29, 0.717) is 23.3 Å². The third-order valence-electron chi connectivity index (χ3n) is 6.73. The van der Waals surface area contributed by atoms with E-state index in [1.54, 1.807) is 24.4 Å². The lowest BCUT2D eigenvalue weighted by Crippen LogP contribution is -2.58. The molecule has 3 aromatic rings. The van der Waals surface area contributed by atoms with Gasteiger partial charge in [0.2, 0.25) is 23.6 Å². The predicted octanol–water partition coefficient (Wildman–Crippen LogP) is 0.154. The smallest absolute Gasteiger partial charge is 0.326 e. The average Bonchev–Trinajstić information content (AvgIpc) is 3.38. The van der Waals surface area contributed by atoms with Crippen LogP contribution < -0.4 is 27.4 Å². The molecule has 13 nitrogen and oxygen atoms in total. The number of hydrogen-bond donors (Lipinski definition) is 8. The Morgan fingerprint density at radius 1 is 0.884 bits per heavy atom. The molecule has 4 amide bonds. The second-order valence-corrected chi connectivity index (χ2v) is 11.0. The Kier molecular flexibility index (Phi) is 12.0. The minimum absolute atomic E-state index is 0.00619. The second-order valence-electron chi connectivity index (χ2n) is 10.0. The molecule has 230 valence electrons. The number of benzene rings is 2. The fraction of sp³-hybridized carbons (Fsp3) is 0.345. The van der Waals surface area contributed by atoms with E-state index in [-0.39, 0.29) is 18.6 Å². The van der Waals surface area contributed by atoms with Crippen molar-refractivity contribution in [1.82, 2.24) is 20.9 Å². The molecule has 0 saturated carbocycles. The quantitative estimate of drug-likeness (QED) is 0.110. The molecule has 0 aliphatic carbocycles. The standard InChI is InChI=1S/C29H36N6O7S/c1-43-11-10-20(30)26(38)33-22(12-16-6-8-18(36)9-7-16)27(39)34-23(14-25(31)37)28(40)35-24(29(41)42)13-17-15-32-21-5-3-2-4-19(17)21/h2-9,15,20,22-24,32,36H,10-14,30H2,1H3,(H2,31,37)(H,33,38)(H,34,39)(H,35,40)(H,41,42). The summed E-state index contributed by atoms with van der Waals surface area (Å²) in [5.41, 5.74) is 13.3. The van der Waals surface area contributed by atoms with Gasteiger partial charge in [0.25, 0.3) is 0 Å². The number of aromatic hydroxyl groups is 1. The molecule has 14 heteroatoms. The lowest BCUT2D eigenvalue weighted by molar-refractivity contribution is -0.142. The molecule has 1 heterocycles. The number of fused-ring (bicyclic) bond motifs is 1. The van der Waals surface area contributed by atoms with E-state index in [1.165, 1.54) is 23.9 Å². The molecule has 0 saturated heterocycles. The number of phenols is 1. The lowest BCUT2D eigenvalue weighted by atomic mass is 10.0. The lowest BCUT2D eigenvalue weighted by Gasteiger charge is -2.25. The minimum atomic E-state index is -1.53. The Hall–Kier alpha value is -4.56. The zero-order valence-corrected chi connectivity index (χ0v) is 24.4. The van der Waals surface area contributed by atoms with Gasteiger partial charge in [-0.3, -0.25) is 19.2 Å². The van der Waals surface area contributed by atoms with Gasteiger partial charge >= 0.3 is 5.97 Å². The van der Waals surface area contributed by atoms with Crippen LogP contribution in [0.4, 0.5) is 0 Å². The summed E-state index contributed by atoms with van der Waals surface area (Å²) < 4.78 is 0. The van der Waals surface area contributed by atoms with Crippen molar-refractivity contribution < 1.29 is 34.2 Å². The zero-order valence-electron chi connectivity index (χ0n) is 23.5. The number of aromatic amines is 1. The van der Waals surface area contributed by atoms with Gasteiger partial charge < -0.3 is 42.6 Å². The van der Waals surface area contributed by atoms with Gasteiger partial charge in [-0.15, -0.1) is 0 Å². The van der Waals surface area contributed by atoms with Crippen molar-refractivity contribution in [2.75, 3.05) is 12.0 Å². The number of carboxylic acid groups (broad SMARTS) is 1. The Balaban J connectivity index is 1.78. The van der Waals surface area contributed by atoms with Crippen molar-refractivity contribution in [3.63, 3.8) is 0 Å². The molecule has 4 unspecified atom stereocenters. The monoisotopic (exact) mass is 612 g/mol. The van der Waals surface area contributed by atoms with Crippen LogP contribution >= 0.6 is 11.8 Å². The first-order valence-corrected chi connectivity index (χ1v) is 14.9. The zero-order chi connectivity index (χ0) is 31.5. The Morgan fingerprint density at radius 2 is 1.51 bits per heavy atom. The molecule has 1 aromatic heterocycles. The number of nitrogens with two attached hydrogens (primary N) is 2. The molecule has 0 radical (unpaired) electrons. The maximum absolute atomic E-state index is 13.4. The highest BCUT2D eigenvalue weighted by molar-refractivity contribution is 7.98. The van der Waals surface area contributed by atoms with Crippen LogP contribution in [0.15, 0.2) is 54.7 Å². The van der Waals surface area contributed by atoms with Crippen molar-refractivity contribution in [3.8, 4) is 5.75 Å².